The Labute approximate surface area is 195 Å². The number of nitrogens with zero attached hydrogens (tertiary/aromatic N) is 3. The van der Waals surface area contributed by atoms with Crippen molar-refractivity contribution in [3.8, 4) is 11.5 Å². The van der Waals surface area contributed by atoms with Crippen LogP contribution < -0.4 is 5.32 Å². The number of sulfonamides is 1. The van der Waals surface area contributed by atoms with E-state index in [0.717, 1.165) is 0 Å². The number of anilines is 1. The Morgan fingerprint density at radius 2 is 1.94 bits per heavy atom. The molecule has 0 aliphatic rings. The van der Waals surface area contributed by atoms with E-state index in [0.29, 0.717) is 35.6 Å². The summed E-state index contributed by atoms with van der Waals surface area (Å²) in [4.78, 5) is 17.7. The fourth-order valence-corrected chi connectivity index (χ4v) is 5.14. The minimum Gasteiger partial charge on any atom is -0.463 e. The molecule has 0 radical (unpaired) electrons. The second-order valence-corrected chi connectivity index (χ2v) is 9.51. The van der Waals surface area contributed by atoms with Gasteiger partial charge in [0.1, 0.15) is 5.69 Å². The average Bonchev–Trinajstić information content (AvgIpc) is 3.45. The molecule has 0 aliphatic carbocycles. The highest BCUT2D eigenvalue weighted by Crippen LogP contribution is 2.30. The number of fused-ring (bicyclic) bond motifs is 1. The number of carbonyl (C=O) groups is 1. The summed E-state index contributed by atoms with van der Waals surface area (Å²) in [6.45, 7) is 5.85. The molecule has 0 fully saturated rings. The van der Waals surface area contributed by atoms with Crippen molar-refractivity contribution in [1.82, 2.24) is 14.4 Å². The summed E-state index contributed by atoms with van der Waals surface area (Å²) < 4.78 is 37.8. The maximum absolute atomic E-state index is 13.3. The Morgan fingerprint density at radius 3 is 2.61 bits per heavy atom. The second kappa shape index (κ2) is 8.97. The van der Waals surface area contributed by atoms with Gasteiger partial charge in [0.05, 0.1) is 38.5 Å². The van der Waals surface area contributed by atoms with Crippen LogP contribution in [-0.2, 0) is 10.0 Å². The van der Waals surface area contributed by atoms with Crippen LogP contribution in [0.5, 0.6) is 0 Å². The summed E-state index contributed by atoms with van der Waals surface area (Å²) in [5, 5.41) is 7.26. The van der Waals surface area contributed by atoms with Crippen LogP contribution >= 0.6 is 11.6 Å². The molecule has 0 aliphatic heterocycles. The number of rotatable bonds is 7. The van der Waals surface area contributed by atoms with Crippen LogP contribution in [0.3, 0.4) is 0 Å². The van der Waals surface area contributed by atoms with Gasteiger partial charge in [-0.25, -0.2) is 13.4 Å². The lowest BCUT2D eigenvalue weighted by Gasteiger charge is -2.19. The van der Waals surface area contributed by atoms with Gasteiger partial charge in [0, 0.05) is 13.1 Å². The van der Waals surface area contributed by atoms with E-state index in [4.69, 9.17) is 20.5 Å². The molecule has 0 saturated heterocycles. The Kier molecular flexibility index (Phi) is 6.24. The SMILES string of the molecule is CCN(CC)S(=O)(=O)c1ccc(Cl)c(NC(=O)c2cc(-c3ccco3)nc3onc(C)c23)c1. The first-order valence-corrected chi connectivity index (χ1v) is 12.0. The van der Waals surface area contributed by atoms with E-state index in [1.165, 1.54) is 28.8 Å². The van der Waals surface area contributed by atoms with Crippen molar-refractivity contribution in [3.63, 3.8) is 0 Å². The molecule has 3 aromatic heterocycles. The first-order valence-electron chi connectivity index (χ1n) is 10.2. The molecule has 0 spiro atoms. The Balaban J connectivity index is 1.76. The molecule has 1 N–H and O–H groups in total. The van der Waals surface area contributed by atoms with Gasteiger partial charge in [-0.1, -0.05) is 30.6 Å². The molecule has 1 amide bonds. The lowest BCUT2D eigenvalue weighted by molar-refractivity contribution is 0.102. The summed E-state index contributed by atoms with van der Waals surface area (Å²) >= 11 is 6.28. The minimum absolute atomic E-state index is 0.0307. The second-order valence-electron chi connectivity index (χ2n) is 7.17. The number of aryl methyl sites for hydroxylation is 1. The van der Waals surface area contributed by atoms with Crippen LogP contribution in [0.4, 0.5) is 5.69 Å². The van der Waals surface area contributed by atoms with Gasteiger partial charge in [0.2, 0.25) is 10.0 Å². The van der Waals surface area contributed by atoms with Crippen LogP contribution in [-0.4, -0.2) is 41.9 Å². The molecule has 3 heterocycles. The highest BCUT2D eigenvalue weighted by molar-refractivity contribution is 7.89. The molecule has 172 valence electrons. The van der Waals surface area contributed by atoms with E-state index in [9.17, 15) is 13.2 Å². The Bertz CT molecular complexity index is 1430. The number of amides is 1. The standard InChI is InChI=1S/C22H21ClN4O5S/c1-4-27(5-2)33(29,30)14-8-9-16(23)17(11-14)24-21(28)15-12-18(19-7-6-10-31-19)25-22-20(15)13(3)26-32-22/h6-12H,4-5H2,1-3H3,(H,24,28). The van der Waals surface area contributed by atoms with Gasteiger partial charge in [-0.15, -0.1) is 0 Å². The molecule has 0 bridgehead atoms. The molecule has 0 atom stereocenters. The summed E-state index contributed by atoms with van der Waals surface area (Å²) in [5.41, 5.74) is 1.44. The van der Waals surface area contributed by atoms with E-state index in [-0.39, 0.29) is 26.9 Å². The van der Waals surface area contributed by atoms with Crippen LogP contribution in [0.25, 0.3) is 22.6 Å². The van der Waals surface area contributed by atoms with Crippen molar-refractivity contribution in [1.29, 1.82) is 0 Å². The predicted molar refractivity (Wildman–Crippen MR) is 124 cm³/mol. The third-order valence-electron chi connectivity index (χ3n) is 5.16. The van der Waals surface area contributed by atoms with Crippen molar-refractivity contribution in [2.45, 2.75) is 25.7 Å². The minimum atomic E-state index is -3.73. The predicted octanol–water partition coefficient (Wildman–Crippen LogP) is 4.73. The smallest absolute Gasteiger partial charge is 0.259 e. The highest BCUT2D eigenvalue weighted by atomic mass is 35.5. The van der Waals surface area contributed by atoms with Crippen molar-refractivity contribution in [2.24, 2.45) is 0 Å². The largest absolute Gasteiger partial charge is 0.463 e. The quantitative estimate of drug-likeness (QED) is 0.399. The number of carbonyl (C=O) groups excluding carboxylic acids is 1. The number of nitrogens with one attached hydrogen (secondary N) is 1. The lowest BCUT2D eigenvalue weighted by Crippen LogP contribution is -2.30. The van der Waals surface area contributed by atoms with E-state index in [1.54, 1.807) is 39.0 Å². The maximum Gasteiger partial charge on any atom is 0.259 e. The first kappa shape index (κ1) is 23.0. The van der Waals surface area contributed by atoms with Crippen LogP contribution in [0, 0.1) is 6.92 Å². The van der Waals surface area contributed by atoms with Crippen LogP contribution in [0.1, 0.15) is 29.9 Å². The average molecular weight is 489 g/mol. The third-order valence-corrected chi connectivity index (χ3v) is 7.54. The maximum atomic E-state index is 13.3. The number of aromatic nitrogens is 2. The molecular formula is C22H21ClN4O5S. The summed E-state index contributed by atoms with van der Waals surface area (Å²) in [6, 6.07) is 9.17. The topological polar surface area (TPSA) is 119 Å². The molecule has 1 aromatic carbocycles. The molecule has 0 saturated carbocycles. The van der Waals surface area contributed by atoms with Crippen LogP contribution in [0.15, 0.2) is 56.5 Å². The molecule has 33 heavy (non-hydrogen) atoms. The molecular weight excluding hydrogens is 468 g/mol. The van der Waals surface area contributed by atoms with E-state index in [1.807, 2.05) is 0 Å². The fourth-order valence-electron chi connectivity index (χ4n) is 3.49. The lowest BCUT2D eigenvalue weighted by atomic mass is 10.1. The Morgan fingerprint density at radius 1 is 1.18 bits per heavy atom. The molecule has 9 nitrogen and oxygen atoms in total. The number of hydrogen-bond donors (Lipinski definition) is 1. The number of furan rings is 1. The Hall–Kier alpha value is -3.21. The highest BCUT2D eigenvalue weighted by Gasteiger charge is 2.24. The van der Waals surface area contributed by atoms with Gasteiger partial charge >= 0.3 is 0 Å². The number of hydrogen-bond acceptors (Lipinski definition) is 7. The van der Waals surface area contributed by atoms with Crippen molar-refractivity contribution >= 4 is 44.3 Å². The third kappa shape index (κ3) is 4.24. The number of halogens is 1. The van der Waals surface area contributed by atoms with E-state index < -0.39 is 15.9 Å². The first-order chi connectivity index (χ1) is 15.8. The summed E-state index contributed by atoms with van der Waals surface area (Å²) in [7, 11) is -3.73. The van der Waals surface area contributed by atoms with Gasteiger partial charge < -0.3 is 14.3 Å². The normalized spacial score (nSPS) is 11.9. The van der Waals surface area contributed by atoms with Crippen molar-refractivity contribution in [3.05, 3.63) is 58.9 Å². The number of benzene rings is 1. The zero-order valence-corrected chi connectivity index (χ0v) is 19.7. The van der Waals surface area contributed by atoms with Crippen LogP contribution in [0.2, 0.25) is 5.02 Å². The van der Waals surface area contributed by atoms with Gasteiger partial charge in [-0.05, 0) is 43.3 Å². The molecule has 0 unspecified atom stereocenters. The van der Waals surface area contributed by atoms with E-state index >= 15 is 0 Å². The number of pyridine rings is 1. The van der Waals surface area contributed by atoms with E-state index in [2.05, 4.69) is 15.5 Å². The van der Waals surface area contributed by atoms with Gasteiger partial charge in [0.15, 0.2) is 5.76 Å². The molecule has 4 aromatic rings. The zero-order chi connectivity index (χ0) is 23.8. The van der Waals surface area contributed by atoms with Crippen molar-refractivity contribution in [2.75, 3.05) is 18.4 Å². The van der Waals surface area contributed by atoms with Crippen molar-refractivity contribution < 1.29 is 22.2 Å². The molecule has 4 rings (SSSR count). The molecule has 11 heteroatoms. The zero-order valence-electron chi connectivity index (χ0n) is 18.1. The van der Waals surface area contributed by atoms with Gasteiger partial charge in [-0.3, -0.25) is 4.79 Å². The summed E-state index contributed by atoms with van der Waals surface area (Å²) in [5.74, 6) is -0.0776. The van der Waals surface area contributed by atoms with Gasteiger partial charge in [0.25, 0.3) is 11.6 Å². The van der Waals surface area contributed by atoms with Gasteiger partial charge in [-0.2, -0.15) is 4.31 Å². The fraction of sp³-hybridized carbons (Fsp3) is 0.227. The monoisotopic (exact) mass is 488 g/mol. The summed E-state index contributed by atoms with van der Waals surface area (Å²) in [6.07, 6.45) is 1.49.